The van der Waals surface area contributed by atoms with Crippen molar-refractivity contribution in [2.75, 3.05) is 33.9 Å². The van der Waals surface area contributed by atoms with Gasteiger partial charge in [0, 0.05) is 37.6 Å². The topological polar surface area (TPSA) is 55.7 Å². The van der Waals surface area contributed by atoms with Crippen molar-refractivity contribution in [3.63, 3.8) is 0 Å². The highest BCUT2D eigenvalue weighted by molar-refractivity contribution is 5.79. The molecule has 28 heavy (non-hydrogen) atoms. The van der Waals surface area contributed by atoms with Gasteiger partial charge in [0.1, 0.15) is 5.75 Å². The van der Waals surface area contributed by atoms with Crippen LogP contribution in [0.1, 0.15) is 32.0 Å². The average molecular weight is 388 g/mol. The number of carbonyl (C=O) groups excluding carboxylic acids is 1. The van der Waals surface area contributed by atoms with Gasteiger partial charge in [-0.3, -0.25) is 4.79 Å². The third kappa shape index (κ3) is 6.39. The van der Waals surface area contributed by atoms with Crippen LogP contribution in [0.2, 0.25) is 0 Å². The van der Waals surface area contributed by atoms with Gasteiger partial charge in [-0.05, 0) is 50.6 Å². The minimum absolute atomic E-state index is 0.0812. The Balaban J connectivity index is 2.10. The first-order valence-corrected chi connectivity index (χ1v) is 9.62. The van der Waals surface area contributed by atoms with E-state index in [2.05, 4.69) is 49.0 Å². The van der Waals surface area contributed by atoms with Crippen LogP contribution in [0.3, 0.4) is 0 Å². The van der Waals surface area contributed by atoms with Crippen LogP contribution in [-0.4, -0.2) is 54.8 Å². The van der Waals surface area contributed by atoms with Gasteiger partial charge < -0.3 is 24.3 Å². The van der Waals surface area contributed by atoms with Crippen molar-refractivity contribution in [2.24, 2.45) is 0 Å². The Bertz CT molecular complexity index is 749. The fourth-order valence-corrected chi connectivity index (χ4v) is 3.04. The summed E-state index contributed by atoms with van der Waals surface area (Å²) in [7, 11) is 3.33. The van der Waals surface area contributed by atoms with Gasteiger partial charge in [0.15, 0.2) is 0 Å². The summed E-state index contributed by atoms with van der Waals surface area (Å²) < 4.78 is 12.5. The highest BCUT2D eigenvalue weighted by Crippen LogP contribution is 2.20. The zero-order valence-electron chi connectivity index (χ0n) is 17.7. The molecule has 2 aromatic rings. The van der Waals surface area contributed by atoms with Gasteiger partial charge in [-0.25, -0.2) is 0 Å². The zero-order valence-corrected chi connectivity index (χ0v) is 17.7. The monoisotopic (exact) mass is 387 g/mol. The lowest BCUT2D eigenvalue weighted by atomic mass is 10.1. The third-order valence-corrected chi connectivity index (χ3v) is 4.60. The number of amides is 1. The van der Waals surface area contributed by atoms with Crippen molar-refractivity contribution >= 4 is 5.91 Å². The molecule has 1 N–H and O–H groups in total. The molecule has 0 aliphatic carbocycles. The van der Waals surface area contributed by atoms with E-state index in [0.717, 1.165) is 23.6 Å². The van der Waals surface area contributed by atoms with Gasteiger partial charge in [0.25, 0.3) is 0 Å². The van der Waals surface area contributed by atoms with Crippen molar-refractivity contribution in [1.82, 2.24) is 14.8 Å². The Kier molecular flexibility index (Phi) is 8.08. The van der Waals surface area contributed by atoms with Crippen LogP contribution in [0.4, 0.5) is 0 Å². The zero-order chi connectivity index (χ0) is 20.6. The van der Waals surface area contributed by atoms with E-state index in [-0.39, 0.29) is 11.4 Å². The predicted molar refractivity (Wildman–Crippen MR) is 112 cm³/mol. The SMILES string of the molecule is COCCNCC(=O)N(Cc1cccn1Cc1cccc(OC)c1)C(C)(C)C. The largest absolute Gasteiger partial charge is 0.497 e. The van der Waals surface area contributed by atoms with Crippen molar-refractivity contribution in [2.45, 2.75) is 39.4 Å². The predicted octanol–water partition coefficient (Wildman–Crippen LogP) is 2.91. The Morgan fingerprint density at radius 1 is 1.18 bits per heavy atom. The van der Waals surface area contributed by atoms with Crippen LogP contribution in [0.15, 0.2) is 42.6 Å². The number of hydrogen-bond donors (Lipinski definition) is 1. The number of hydrogen-bond acceptors (Lipinski definition) is 4. The molecule has 0 radical (unpaired) electrons. The van der Waals surface area contributed by atoms with E-state index in [1.54, 1.807) is 14.2 Å². The summed E-state index contributed by atoms with van der Waals surface area (Å²) in [6.07, 6.45) is 2.05. The van der Waals surface area contributed by atoms with Gasteiger partial charge in [0.05, 0.1) is 26.8 Å². The second-order valence-corrected chi connectivity index (χ2v) is 7.80. The second-order valence-electron chi connectivity index (χ2n) is 7.80. The molecule has 6 heteroatoms. The van der Waals surface area contributed by atoms with Gasteiger partial charge in [-0.2, -0.15) is 0 Å². The molecule has 0 bridgehead atoms. The first kappa shape index (κ1) is 22.0. The maximum absolute atomic E-state index is 12.8. The fourth-order valence-electron chi connectivity index (χ4n) is 3.04. The molecule has 1 aromatic heterocycles. The quantitative estimate of drug-likeness (QED) is 0.637. The maximum Gasteiger partial charge on any atom is 0.237 e. The molecule has 0 atom stereocenters. The van der Waals surface area contributed by atoms with Gasteiger partial charge in [-0.1, -0.05) is 12.1 Å². The molecule has 0 unspecified atom stereocenters. The number of nitrogens with one attached hydrogen (secondary N) is 1. The van der Waals surface area contributed by atoms with Crippen molar-refractivity contribution in [1.29, 1.82) is 0 Å². The van der Waals surface area contributed by atoms with Crippen LogP contribution in [-0.2, 0) is 22.6 Å². The van der Waals surface area contributed by atoms with Crippen LogP contribution < -0.4 is 10.1 Å². The Labute approximate surface area is 168 Å². The number of ether oxygens (including phenoxy) is 2. The van der Waals surface area contributed by atoms with Crippen molar-refractivity contribution in [3.05, 3.63) is 53.9 Å². The molecule has 154 valence electrons. The molecule has 1 heterocycles. The molecule has 0 aliphatic heterocycles. The van der Waals surface area contributed by atoms with Crippen LogP contribution >= 0.6 is 0 Å². The lowest BCUT2D eigenvalue weighted by Gasteiger charge is -2.36. The summed E-state index contributed by atoms with van der Waals surface area (Å²) >= 11 is 0. The molecule has 0 saturated carbocycles. The fraction of sp³-hybridized carbons (Fsp3) is 0.500. The summed E-state index contributed by atoms with van der Waals surface area (Å²) in [5.74, 6) is 0.928. The van der Waals surface area contributed by atoms with Crippen LogP contribution in [0, 0.1) is 0 Å². The minimum atomic E-state index is -0.273. The van der Waals surface area contributed by atoms with Crippen LogP contribution in [0.5, 0.6) is 5.75 Å². The molecule has 0 fully saturated rings. The normalized spacial score (nSPS) is 11.5. The number of nitrogens with zero attached hydrogens (tertiary/aromatic N) is 2. The lowest BCUT2D eigenvalue weighted by Crippen LogP contribution is -2.49. The summed E-state index contributed by atoms with van der Waals surface area (Å²) in [5, 5.41) is 3.15. The maximum atomic E-state index is 12.8. The molecule has 6 nitrogen and oxygen atoms in total. The number of carbonyl (C=O) groups is 1. The van der Waals surface area contributed by atoms with Crippen molar-refractivity contribution < 1.29 is 14.3 Å². The molecular formula is C22H33N3O3. The molecule has 0 spiro atoms. The summed E-state index contributed by atoms with van der Waals surface area (Å²) in [6, 6.07) is 12.2. The standard InChI is InChI=1S/C22H33N3O3/c1-22(2,3)25(21(26)15-23-11-13-27-4)17-19-9-7-12-24(19)16-18-8-6-10-20(14-18)28-5/h6-10,12,14,23H,11,13,15-17H2,1-5H3. The summed E-state index contributed by atoms with van der Waals surface area (Å²) in [5.41, 5.74) is 1.99. The molecule has 2 rings (SSSR count). The van der Waals surface area contributed by atoms with Crippen molar-refractivity contribution in [3.8, 4) is 5.75 Å². The summed E-state index contributed by atoms with van der Waals surface area (Å²) in [6.45, 7) is 9.04. The highest BCUT2D eigenvalue weighted by Gasteiger charge is 2.27. The Morgan fingerprint density at radius 2 is 1.96 bits per heavy atom. The van der Waals surface area contributed by atoms with E-state index in [0.29, 0.717) is 26.2 Å². The molecule has 1 amide bonds. The minimum Gasteiger partial charge on any atom is -0.497 e. The summed E-state index contributed by atoms with van der Waals surface area (Å²) in [4.78, 5) is 14.8. The first-order chi connectivity index (χ1) is 13.3. The smallest absolute Gasteiger partial charge is 0.237 e. The first-order valence-electron chi connectivity index (χ1n) is 9.62. The number of aromatic nitrogens is 1. The Hall–Kier alpha value is -2.31. The van der Waals surface area contributed by atoms with E-state index in [1.165, 1.54) is 0 Å². The molecule has 0 saturated heterocycles. The molecule has 0 aliphatic rings. The van der Waals surface area contributed by atoms with E-state index in [4.69, 9.17) is 9.47 Å². The van der Waals surface area contributed by atoms with Gasteiger partial charge in [-0.15, -0.1) is 0 Å². The third-order valence-electron chi connectivity index (χ3n) is 4.60. The van der Waals surface area contributed by atoms with Gasteiger partial charge in [0.2, 0.25) is 5.91 Å². The van der Waals surface area contributed by atoms with E-state index < -0.39 is 0 Å². The number of rotatable bonds is 10. The van der Waals surface area contributed by atoms with E-state index in [1.807, 2.05) is 29.2 Å². The number of methoxy groups -OCH3 is 2. The average Bonchev–Trinajstić information content (AvgIpc) is 3.09. The second kappa shape index (κ2) is 10.3. The lowest BCUT2D eigenvalue weighted by molar-refractivity contribution is -0.135. The number of benzene rings is 1. The Morgan fingerprint density at radius 3 is 2.64 bits per heavy atom. The molecular weight excluding hydrogens is 354 g/mol. The van der Waals surface area contributed by atoms with Crippen LogP contribution in [0.25, 0.3) is 0 Å². The van der Waals surface area contributed by atoms with E-state index in [9.17, 15) is 4.79 Å². The highest BCUT2D eigenvalue weighted by atomic mass is 16.5. The van der Waals surface area contributed by atoms with E-state index >= 15 is 0 Å². The molecule has 1 aromatic carbocycles. The van der Waals surface area contributed by atoms with Gasteiger partial charge >= 0.3 is 0 Å².